The van der Waals surface area contributed by atoms with Crippen LogP contribution in [0.5, 0.6) is 0 Å². The summed E-state index contributed by atoms with van der Waals surface area (Å²) in [6.45, 7) is 13.5. The largest absolute Gasteiger partial charge is 0.456 e. The third kappa shape index (κ3) is 6.73. The van der Waals surface area contributed by atoms with Crippen LogP contribution in [0.1, 0.15) is 83.3 Å². The highest BCUT2D eigenvalue weighted by Crippen LogP contribution is 2.23. The van der Waals surface area contributed by atoms with Crippen LogP contribution in [0.2, 0.25) is 0 Å². The van der Waals surface area contributed by atoms with Crippen molar-refractivity contribution in [2.75, 3.05) is 0 Å². The molecule has 0 fully saturated rings. The summed E-state index contributed by atoms with van der Waals surface area (Å²) < 4.78 is 20.7. The van der Waals surface area contributed by atoms with Gasteiger partial charge in [0.2, 0.25) is 0 Å². The zero-order valence-corrected chi connectivity index (χ0v) is 16.8. The van der Waals surface area contributed by atoms with Gasteiger partial charge in [0.1, 0.15) is 5.60 Å². The van der Waals surface area contributed by atoms with Gasteiger partial charge in [0.05, 0.1) is 21.3 Å². The molecule has 0 saturated carbocycles. The van der Waals surface area contributed by atoms with Crippen molar-refractivity contribution in [2.24, 2.45) is 0 Å². The fourth-order valence-electron chi connectivity index (χ4n) is 2.08. The molecule has 0 aliphatic rings. The minimum atomic E-state index is -1.14. The van der Waals surface area contributed by atoms with Crippen LogP contribution in [0.3, 0.4) is 0 Å². The van der Waals surface area contributed by atoms with Crippen molar-refractivity contribution >= 4 is 17.0 Å². The SMILES string of the molecule is CCC[C@H](N[S@@](=O)C(C)(C)C)c1ccc(C(=O)OC(C)(C)C)cc1. The second-order valence-electron chi connectivity index (χ2n) is 7.96. The van der Waals surface area contributed by atoms with Gasteiger partial charge < -0.3 is 4.74 Å². The molecule has 0 aromatic heterocycles. The van der Waals surface area contributed by atoms with E-state index in [0.717, 1.165) is 18.4 Å². The van der Waals surface area contributed by atoms with E-state index in [2.05, 4.69) is 11.6 Å². The fourth-order valence-corrected chi connectivity index (χ4v) is 2.94. The number of carbonyl (C=O) groups excluding carboxylic acids is 1. The van der Waals surface area contributed by atoms with Gasteiger partial charge in [-0.2, -0.15) is 0 Å². The van der Waals surface area contributed by atoms with Gasteiger partial charge in [-0.05, 0) is 65.7 Å². The molecule has 5 heteroatoms. The third-order valence-electron chi connectivity index (χ3n) is 3.33. The van der Waals surface area contributed by atoms with E-state index < -0.39 is 16.6 Å². The Morgan fingerprint density at radius 2 is 1.67 bits per heavy atom. The monoisotopic (exact) mass is 353 g/mol. The molecule has 1 rings (SSSR count). The summed E-state index contributed by atoms with van der Waals surface area (Å²) >= 11 is 0. The van der Waals surface area contributed by atoms with E-state index >= 15 is 0 Å². The Morgan fingerprint density at radius 3 is 2.08 bits per heavy atom. The van der Waals surface area contributed by atoms with Gasteiger partial charge in [-0.1, -0.05) is 25.5 Å². The zero-order valence-electron chi connectivity index (χ0n) is 15.9. The molecule has 0 amide bonds. The van der Waals surface area contributed by atoms with Crippen LogP contribution >= 0.6 is 0 Å². The highest BCUT2D eigenvalue weighted by atomic mass is 32.2. The Labute approximate surface area is 149 Å². The fraction of sp³-hybridized carbons (Fsp3) is 0.632. The van der Waals surface area contributed by atoms with Crippen molar-refractivity contribution in [1.82, 2.24) is 4.72 Å². The first-order chi connectivity index (χ1) is 10.9. The van der Waals surface area contributed by atoms with E-state index in [1.165, 1.54) is 0 Å². The van der Waals surface area contributed by atoms with E-state index in [9.17, 15) is 9.00 Å². The van der Waals surface area contributed by atoms with Crippen molar-refractivity contribution in [1.29, 1.82) is 0 Å². The van der Waals surface area contributed by atoms with Gasteiger partial charge in [-0.15, -0.1) is 0 Å². The molecule has 1 N–H and O–H groups in total. The first-order valence-corrected chi connectivity index (χ1v) is 9.60. The molecule has 0 heterocycles. The van der Waals surface area contributed by atoms with Gasteiger partial charge >= 0.3 is 5.97 Å². The highest BCUT2D eigenvalue weighted by molar-refractivity contribution is 7.84. The lowest BCUT2D eigenvalue weighted by molar-refractivity contribution is 0.00695. The smallest absolute Gasteiger partial charge is 0.338 e. The molecule has 4 nitrogen and oxygen atoms in total. The van der Waals surface area contributed by atoms with Crippen molar-refractivity contribution in [3.05, 3.63) is 35.4 Å². The topological polar surface area (TPSA) is 55.4 Å². The first-order valence-electron chi connectivity index (χ1n) is 8.45. The zero-order chi connectivity index (χ0) is 18.5. The van der Waals surface area contributed by atoms with Crippen molar-refractivity contribution in [2.45, 2.75) is 77.7 Å². The molecule has 2 atom stereocenters. The van der Waals surface area contributed by atoms with Crippen LogP contribution in [-0.4, -0.2) is 20.5 Å². The van der Waals surface area contributed by atoms with Crippen LogP contribution in [-0.2, 0) is 15.7 Å². The summed E-state index contributed by atoms with van der Waals surface area (Å²) in [7, 11) is -1.14. The summed E-state index contributed by atoms with van der Waals surface area (Å²) in [4.78, 5) is 12.1. The van der Waals surface area contributed by atoms with Crippen molar-refractivity contribution < 1.29 is 13.7 Å². The molecular formula is C19H31NO3S. The second-order valence-corrected chi connectivity index (χ2v) is 9.96. The lowest BCUT2D eigenvalue weighted by Gasteiger charge is -2.24. The Hall–Kier alpha value is -1.20. The number of hydrogen-bond donors (Lipinski definition) is 1. The minimum Gasteiger partial charge on any atom is -0.456 e. The summed E-state index contributed by atoms with van der Waals surface area (Å²) in [6.07, 6.45) is 1.86. The highest BCUT2D eigenvalue weighted by Gasteiger charge is 2.24. The Kier molecular flexibility index (Phi) is 7.17. The lowest BCUT2D eigenvalue weighted by Crippen LogP contribution is -2.35. The van der Waals surface area contributed by atoms with E-state index in [1.54, 1.807) is 12.1 Å². The number of rotatable bonds is 6. The number of esters is 1. The van der Waals surface area contributed by atoms with Crippen LogP contribution in [0, 0.1) is 0 Å². The van der Waals surface area contributed by atoms with Gasteiger partial charge in [-0.3, -0.25) is 0 Å². The maximum Gasteiger partial charge on any atom is 0.338 e. The van der Waals surface area contributed by atoms with Crippen LogP contribution < -0.4 is 4.72 Å². The molecule has 136 valence electrons. The second kappa shape index (κ2) is 8.26. The molecule has 0 aliphatic heterocycles. The predicted molar refractivity (Wildman–Crippen MR) is 100 cm³/mol. The lowest BCUT2D eigenvalue weighted by atomic mass is 10.0. The summed E-state index contributed by atoms with van der Waals surface area (Å²) in [6, 6.07) is 7.36. The third-order valence-corrected chi connectivity index (χ3v) is 4.94. The van der Waals surface area contributed by atoms with Gasteiger partial charge in [0.15, 0.2) is 0 Å². The quantitative estimate of drug-likeness (QED) is 0.764. The molecule has 24 heavy (non-hydrogen) atoms. The standard InChI is InChI=1S/C19H31NO3S/c1-8-9-16(20-24(22)19(5,6)7)14-10-12-15(13-11-14)17(21)23-18(2,3)4/h10-13,16,20H,8-9H2,1-7H3/t16-,24-/m0/s1. The maximum atomic E-state index is 12.4. The van der Waals surface area contributed by atoms with Crippen molar-refractivity contribution in [3.63, 3.8) is 0 Å². The number of carbonyl (C=O) groups is 1. The molecule has 0 spiro atoms. The number of hydrogen-bond acceptors (Lipinski definition) is 3. The molecule has 0 aliphatic carbocycles. The maximum absolute atomic E-state index is 12.4. The van der Waals surface area contributed by atoms with Crippen LogP contribution in [0.15, 0.2) is 24.3 Å². The Morgan fingerprint density at radius 1 is 1.12 bits per heavy atom. The molecule has 0 bridgehead atoms. The number of ether oxygens (including phenoxy) is 1. The Bertz CT molecular complexity index is 568. The van der Waals surface area contributed by atoms with Gasteiger partial charge in [0, 0.05) is 6.04 Å². The summed E-state index contributed by atoms with van der Waals surface area (Å²) in [5, 5.41) is 0. The Balaban J connectivity index is 2.90. The average Bonchev–Trinajstić information content (AvgIpc) is 2.44. The number of benzene rings is 1. The van der Waals surface area contributed by atoms with E-state index in [1.807, 2.05) is 53.7 Å². The van der Waals surface area contributed by atoms with E-state index in [-0.39, 0.29) is 16.8 Å². The minimum absolute atomic E-state index is 0.00254. The molecule has 1 aromatic carbocycles. The van der Waals surface area contributed by atoms with Gasteiger partial charge in [-0.25, -0.2) is 13.7 Å². The predicted octanol–water partition coefficient (Wildman–Crippen LogP) is 4.53. The first kappa shape index (κ1) is 20.8. The van der Waals surface area contributed by atoms with Crippen molar-refractivity contribution in [3.8, 4) is 0 Å². The van der Waals surface area contributed by atoms with E-state index in [0.29, 0.717) is 5.56 Å². The molecular weight excluding hydrogens is 322 g/mol. The van der Waals surface area contributed by atoms with Crippen LogP contribution in [0.4, 0.5) is 0 Å². The summed E-state index contributed by atoms with van der Waals surface area (Å²) in [5.41, 5.74) is 1.05. The number of nitrogens with one attached hydrogen (secondary N) is 1. The van der Waals surface area contributed by atoms with Gasteiger partial charge in [0.25, 0.3) is 0 Å². The van der Waals surface area contributed by atoms with E-state index in [4.69, 9.17) is 4.74 Å². The normalized spacial score (nSPS) is 15.0. The van der Waals surface area contributed by atoms with Crippen LogP contribution in [0.25, 0.3) is 0 Å². The average molecular weight is 354 g/mol. The molecule has 1 aromatic rings. The molecule has 0 radical (unpaired) electrons. The summed E-state index contributed by atoms with van der Waals surface area (Å²) in [5.74, 6) is -0.327. The molecule has 0 saturated heterocycles. The molecule has 0 unspecified atom stereocenters.